The molecule has 0 atom stereocenters. The predicted octanol–water partition coefficient (Wildman–Crippen LogP) is 4.82. The van der Waals surface area contributed by atoms with E-state index < -0.39 is 0 Å². The summed E-state index contributed by atoms with van der Waals surface area (Å²) in [6, 6.07) is 10.6. The van der Waals surface area contributed by atoms with Gasteiger partial charge in [0, 0.05) is 16.2 Å². The Hall–Kier alpha value is -2.57. The van der Waals surface area contributed by atoms with Crippen molar-refractivity contribution in [1.29, 1.82) is 0 Å². The molecule has 0 unspecified atom stereocenters. The molecule has 8 heteroatoms. The fourth-order valence-corrected chi connectivity index (χ4v) is 3.45. The first-order valence-electron chi connectivity index (χ1n) is 9.39. The van der Waals surface area contributed by atoms with E-state index in [4.69, 9.17) is 27.9 Å². The van der Waals surface area contributed by atoms with Crippen LogP contribution in [0.15, 0.2) is 42.6 Å². The number of hydrogen-bond acceptors (Lipinski definition) is 4. The molecule has 0 aliphatic heterocycles. The monoisotopic (exact) mass is 432 g/mol. The molecule has 2 heterocycles. The molecule has 1 N–H and O–H groups in total. The van der Waals surface area contributed by atoms with E-state index in [2.05, 4.69) is 15.4 Å². The van der Waals surface area contributed by atoms with Crippen LogP contribution in [0.1, 0.15) is 30.9 Å². The van der Waals surface area contributed by atoms with Gasteiger partial charge in [-0.25, -0.2) is 0 Å². The second-order valence-corrected chi connectivity index (χ2v) is 7.27. The first-order valence-corrected chi connectivity index (χ1v) is 10.1. The number of halogens is 2. The summed E-state index contributed by atoms with van der Waals surface area (Å²) < 4.78 is 7.77. The number of nitrogens with zero attached hydrogens (tertiary/aromatic N) is 3. The summed E-state index contributed by atoms with van der Waals surface area (Å²) in [6.07, 6.45) is 3.02. The van der Waals surface area contributed by atoms with Gasteiger partial charge in [0.1, 0.15) is 18.0 Å². The van der Waals surface area contributed by atoms with Crippen LogP contribution in [0, 0.1) is 0 Å². The topological polar surface area (TPSA) is 69.0 Å². The largest absolute Gasteiger partial charge is 0.453 e. The molecule has 0 radical (unpaired) electrons. The zero-order valence-corrected chi connectivity index (χ0v) is 17.8. The van der Waals surface area contributed by atoms with E-state index in [-0.39, 0.29) is 12.5 Å². The molecule has 3 aromatic rings. The van der Waals surface area contributed by atoms with E-state index in [9.17, 15) is 4.79 Å². The Kier molecular flexibility index (Phi) is 7.12. The smallest absolute Gasteiger partial charge is 0.242 e. The van der Waals surface area contributed by atoms with Crippen LogP contribution in [0.4, 0.5) is 0 Å². The summed E-state index contributed by atoms with van der Waals surface area (Å²) in [7, 11) is 0. The highest BCUT2D eigenvalue weighted by Gasteiger charge is 2.20. The fraction of sp³-hybridized carbons (Fsp3) is 0.286. The molecule has 6 nitrogen and oxygen atoms in total. The third-order valence-electron chi connectivity index (χ3n) is 4.29. The SMILES string of the molecule is CCc1nn(CC(=O)NCc2ccccn2)c(CC)c1Oc1cc(Cl)cc(Cl)c1. The Morgan fingerprint density at radius 3 is 2.52 bits per heavy atom. The molecular weight excluding hydrogens is 411 g/mol. The Balaban J connectivity index is 1.78. The van der Waals surface area contributed by atoms with Crippen LogP contribution in [0.2, 0.25) is 10.0 Å². The van der Waals surface area contributed by atoms with E-state index in [0.717, 1.165) is 17.1 Å². The number of carbonyl (C=O) groups is 1. The minimum atomic E-state index is -0.146. The molecule has 1 aromatic carbocycles. The van der Waals surface area contributed by atoms with E-state index in [0.29, 0.717) is 40.9 Å². The van der Waals surface area contributed by atoms with Crippen LogP contribution in [-0.4, -0.2) is 20.7 Å². The van der Waals surface area contributed by atoms with E-state index >= 15 is 0 Å². The highest BCUT2D eigenvalue weighted by Crippen LogP contribution is 2.33. The third kappa shape index (κ3) is 5.49. The number of nitrogens with one attached hydrogen (secondary N) is 1. The van der Waals surface area contributed by atoms with Crippen molar-refractivity contribution in [3.63, 3.8) is 0 Å². The molecule has 0 saturated heterocycles. The lowest BCUT2D eigenvalue weighted by Gasteiger charge is -2.10. The number of rotatable bonds is 8. The average molecular weight is 433 g/mol. The summed E-state index contributed by atoms with van der Waals surface area (Å²) in [4.78, 5) is 16.6. The van der Waals surface area contributed by atoms with Crippen molar-refractivity contribution in [1.82, 2.24) is 20.1 Å². The van der Waals surface area contributed by atoms with Crippen LogP contribution in [0.25, 0.3) is 0 Å². The molecule has 0 saturated carbocycles. The minimum absolute atomic E-state index is 0.0999. The Labute approximate surface area is 179 Å². The van der Waals surface area contributed by atoms with Gasteiger partial charge in [-0.2, -0.15) is 5.10 Å². The second-order valence-electron chi connectivity index (χ2n) is 6.39. The number of aromatic nitrogens is 3. The highest BCUT2D eigenvalue weighted by molar-refractivity contribution is 6.34. The minimum Gasteiger partial charge on any atom is -0.453 e. The summed E-state index contributed by atoms with van der Waals surface area (Å²) in [6.45, 7) is 4.46. The molecule has 0 bridgehead atoms. The van der Waals surface area contributed by atoms with Gasteiger partial charge in [-0.1, -0.05) is 43.1 Å². The van der Waals surface area contributed by atoms with Gasteiger partial charge >= 0.3 is 0 Å². The van der Waals surface area contributed by atoms with Gasteiger partial charge in [0.05, 0.1) is 17.9 Å². The lowest BCUT2D eigenvalue weighted by Crippen LogP contribution is -2.28. The maximum absolute atomic E-state index is 12.4. The van der Waals surface area contributed by atoms with Crippen LogP contribution in [0.3, 0.4) is 0 Å². The zero-order chi connectivity index (χ0) is 20.8. The fourth-order valence-electron chi connectivity index (χ4n) is 2.95. The first-order chi connectivity index (χ1) is 14.0. The zero-order valence-electron chi connectivity index (χ0n) is 16.3. The van der Waals surface area contributed by atoms with Gasteiger partial charge in [-0.05, 0) is 43.2 Å². The maximum atomic E-state index is 12.4. The number of amides is 1. The van der Waals surface area contributed by atoms with Gasteiger partial charge in [0.25, 0.3) is 0 Å². The molecule has 0 spiro atoms. The van der Waals surface area contributed by atoms with Gasteiger partial charge < -0.3 is 10.1 Å². The highest BCUT2D eigenvalue weighted by atomic mass is 35.5. The standard InChI is InChI=1S/C21H22Cl2N4O2/c1-3-18-21(29-17-10-14(22)9-15(23)11-17)19(4-2)27(26-18)13-20(28)25-12-16-7-5-6-8-24-16/h5-11H,3-4,12-13H2,1-2H3,(H,25,28). The van der Waals surface area contributed by atoms with Crippen molar-refractivity contribution in [3.8, 4) is 11.5 Å². The van der Waals surface area contributed by atoms with Crippen molar-refractivity contribution in [2.45, 2.75) is 39.8 Å². The molecular formula is C21H22Cl2N4O2. The normalized spacial score (nSPS) is 10.8. The second kappa shape index (κ2) is 9.76. The van der Waals surface area contributed by atoms with Crippen LogP contribution in [-0.2, 0) is 30.7 Å². The Bertz CT molecular complexity index is 970. The molecule has 0 aliphatic carbocycles. The first kappa shape index (κ1) is 21.1. The third-order valence-corrected chi connectivity index (χ3v) is 4.73. The summed E-state index contributed by atoms with van der Waals surface area (Å²) in [5.74, 6) is 1.03. The van der Waals surface area contributed by atoms with Crippen molar-refractivity contribution in [3.05, 3.63) is 69.7 Å². The van der Waals surface area contributed by atoms with Gasteiger partial charge in [0.15, 0.2) is 5.75 Å². The molecule has 0 fully saturated rings. The van der Waals surface area contributed by atoms with Crippen molar-refractivity contribution in [2.75, 3.05) is 0 Å². The molecule has 152 valence electrons. The predicted molar refractivity (Wildman–Crippen MR) is 114 cm³/mol. The number of hydrogen-bond donors (Lipinski definition) is 1. The van der Waals surface area contributed by atoms with Crippen LogP contribution in [0.5, 0.6) is 11.5 Å². The van der Waals surface area contributed by atoms with E-state index in [1.165, 1.54) is 0 Å². The van der Waals surface area contributed by atoms with Gasteiger partial charge in [-0.15, -0.1) is 0 Å². The number of pyridine rings is 1. The Morgan fingerprint density at radius 2 is 1.90 bits per heavy atom. The van der Waals surface area contributed by atoms with Gasteiger partial charge in [0.2, 0.25) is 5.91 Å². The lowest BCUT2D eigenvalue weighted by atomic mass is 10.2. The lowest BCUT2D eigenvalue weighted by molar-refractivity contribution is -0.122. The quantitative estimate of drug-likeness (QED) is 0.553. The molecule has 1 amide bonds. The van der Waals surface area contributed by atoms with Crippen molar-refractivity contribution in [2.24, 2.45) is 0 Å². The van der Waals surface area contributed by atoms with E-state index in [1.54, 1.807) is 29.1 Å². The molecule has 2 aromatic heterocycles. The average Bonchev–Trinajstić information content (AvgIpc) is 3.02. The molecule has 3 rings (SSSR count). The number of ether oxygens (including phenoxy) is 1. The Morgan fingerprint density at radius 1 is 1.14 bits per heavy atom. The molecule has 0 aliphatic rings. The number of carbonyl (C=O) groups excluding carboxylic acids is 1. The number of benzene rings is 1. The van der Waals surface area contributed by atoms with Gasteiger partial charge in [-0.3, -0.25) is 14.5 Å². The summed E-state index contributed by atoms with van der Waals surface area (Å²) >= 11 is 12.2. The van der Waals surface area contributed by atoms with Crippen LogP contribution < -0.4 is 10.1 Å². The van der Waals surface area contributed by atoms with Crippen LogP contribution >= 0.6 is 23.2 Å². The summed E-state index contributed by atoms with van der Waals surface area (Å²) in [5.41, 5.74) is 2.41. The number of aryl methyl sites for hydroxylation is 1. The van der Waals surface area contributed by atoms with Crippen molar-refractivity contribution >= 4 is 29.1 Å². The maximum Gasteiger partial charge on any atom is 0.242 e. The summed E-state index contributed by atoms with van der Waals surface area (Å²) in [5, 5.41) is 8.44. The molecule has 29 heavy (non-hydrogen) atoms. The van der Waals surface area contributed by atoms with E-state index in [1.807, 2.05) is 32.0 Å². The van der Waals surface area contributed by atoms with Crippen molar-refractivity contribution < 1.29 is 9.53 Å².